The molecule has 0 fully saturated rings. The molecule has 0 spiro atoms. The fourth-order valence-corrected chi connectivity index (χ4v) is 4.69. The molecular weight excluding hydrogens is 500 g/mol. The number of pyridine rings is 1. The predicted octanol–water partition coefficient (Wildman–Crippen LogP) is 5.93. The third-order valence-corrected chi connectivity index (χ3v) is 6.71. The minimum absolute atomic E-state index is 0.346. The molecule has 0 aliphatic heterocycles. The van der Waals surface area contributed by atoms with E-state index in [9.17, 15) is 10.1 Å². The standard InChI is InChI=1S/C33H28N4O3/c1-39-31-18-27(11-14-30(31)40-22-25-7-10-28-20-36-16-15-26(28)17-25)32(33(35)38)37(21-24-5-3-2-4-6-24)29-12-8-23(19-34)9-13-29/h2-18,20,32H,21-22H2,1H3,(H2,35,38). The largest absolute Gasteiger partial charge is 0.493 e. The first-order valence-electron chi connectivity index (χ1n) is 12.8. The molecule has 1 amide bonds. The second kappa shape index (κ2) is 12.0. The first kappa shape index (κ1) is 26.3. The third-order valence-electron chi connectivity index (χ3n) is 6.71. The van der Waals surface area contributed by atoms with Crippen molar-refractivity contribution in [2.45, 2.75) is 19.2 Å². The van der Waals surface area contributed by atoms with Crippen molar-refractivity contribution in [1.29, 1.82) is 5.26 Å². The van der Waals surface area contributed by atoms with Gasteiger partial charge in [-0.1, -0.05) is 48.5 Å². The molecule has 0 radical (unpaired) electrons. The Morgan fingerprint density at radius 1 is 0.925 bits per heavy atom. The van der Waals surface area contributed by atoms with Crippen LogP contribution in [0.3, 0.4) is 0 Å². The minimum atomic E-state index is -0.801. The Morgan fingerprint density at radius 2 is 1.73 bits per heavy atom. The lowest BCUT2D eigenvalue weighted by Gasteiger charge is -2.32. The highest BCUT2D eigenvalue weighted by Gasteiger charge is 2.28. The van der Waals surface area contributed by atoms with Crippen LogP contribution in [0, 0.1) is 11.3 Å². The summed E-state index contributed by atoms with van der Waals surface area (Å²) in [4.78, 5) is 19.1. The monoisotopic (exact) mass is 528 g/mol. The third kappa shape index (κ3) is 5.87. The number of primary amides is 1. The van der Waals surface area contributed by atoms with Crippen LogP contribution in [0.1, 0.15) is 28.3 Å². The van der Waals surface area contributed by atoms with Crippen LogP contribution in [-0.2, 0) is 17.9 Å². The summed E-state index contributed by atoms with van der Waals surface area (Å²) in [5.74, 6) is 0.534. The van der Waals surface area contributed by atoms with Crippen LogP contribution in [-0.4, -0.2) is 18.0 Å². The number of hydrogen-bond acceptors (Lipinski definition) is 6. The van der Waals surface area contributed by atoms with Crippen LogP contribution in [0.4, 0.5) is 5.69 Å². The SMILES string of the molecule is COc1cc(C(C(N)=O)N(Cc2ccccc2)c2ccc(C#N)cc2)ccc1OCc1ccc2cnccc2c1. The van der Waals surface area contributed by atoms with Gasteiger partial charge in [-0.05, 0) is 70.6 Å². The number of nitriles is 1. The van der Waals surface area contributed by atoms with E-state index in [4.69, 9.17) is 15.2 Å². The van der Waals surface area contributed by atoms with Gasteiger partial charge in [0.2, 0.25) is 5.91 Å². The maximum atomic E-state index is 13.0. The first-order chi connectivity index (χ1) is 19.6. The van der Waals surface area contributed by atoms with Crippen molar-refractivity contribution in [2.24, 2.45) is 5.73 Å². The number of fused-ring (bicyclic) bond motifs is 1. The Hall–Kier alpha value is -5.35. The van der Waals surface area contributed by atoms with Gasteiger partial charge in [0.25, 0.3) is 0 Å². The highest BCUT2D eigenvalue weighted by molar-refractivity contribution is 5.85. The van der Waals surface area contributed by atoms with Gasteiger partial charge in [-0.2, -0.15) is 5.26 Å². The van der Waals surface area contributed by atoms with Gasteiger partial charge in [-0.15, -0.1) is 0 Å². The Morgan fingerprint density at radius 3 is 2.45 bits per heavy atom. The molecule has 7 nitrogen and oxygen atoms in total. The second-order valence-corrected chi connectivity index (χ2v) is 9.33. The summed E-state index contributed by atoms with van der Waals surface area (Å²) in [6.07, 6.45) is 3.60. The summed E-state index contributed by atoms with van der Waals surface area (Å²) in [5.41, 5.74) is 9.99. The van der Waals surface area contributed by atoms with Crippen molar-refractivity contribution in [3.8, 4) is 17.6 Å². The molecule has 0 saturated heterocycles. The summed E-state index contributed by atoms with van der Waals surface area (Å²) >= 11 is 0. The molecule has 2 N–H and O–H groups in total. The van der Waals surface area contributed by atoms with E-state index in [0.717, 1.165) is 27.6 Å². The number of aromatic nitrogens is 1. The zero-order chi connectivity index (χ0) is 27.9. The zero-order valence-electron chi connectivity index (χ0n) is 22.0. The predicted molar refractivity (Wildman–Crippen MR) is 155 cm³/mol. The van der Waals surface area contributed by atoms with E-state index >= 15 is 0 Å². The fraction of sp³-hybridized carbons (Fsp3) is 0.121. The molecule has 1 aromatic heterocycles. The van der Waals surface area contributed by atoms with Crippen LogP contribution in [0.15, 0.2) is 109 Å². The number of nitrogens with two attached hydrogens (primary N) is 1. The molecule has 5 rings (SSSR count). The number of carbonyl (C=O) groups is 1. The number of carbonyl (C=O) groups excluding carboxylic acids is 1. The smallest absolute Gasteiger partial charge is 0.244 e. The number of hydrogen-bond donors (Lipinski definition) is 1. The summed E-state index contributed by atoms with van der Waals surface area (Å²) in [6, 6.07) is 31.8. The average Bonchev–Trinajstić information content (AvgIpc) is 3.00. The van der Waals surface area contributed by atoms with Crippen molar-refractivity contribution < 1.29 is 14.3 Å². The molecule has 0 aliphatic carbocycles. The molecule has 1 unspecified atom stereocenters. The number of amides is 1. The van der Waals surface area contributed by atoms with Gasteiger partial charge in [-0.25, -0.2) is 0 Å². The van der Waals surface area contributed by atoms with Crippen molar-refractivity contribution in [1.82, 2.24) is 4.98 Å². The van der Waals surface area contributed by atoms with Crippen LogP contribution in [0.5, 0.6) is 11.5 Å². The molecule has 5 aromatic rings. The van der Waals surface area contributed by atoms with Crippen molar-refractivity contribution >= 4 is 22.4 Å². The van der Waals surface area contributed by atoms with Gasteiger partial charge >= 0.3 is 0 Å². The molecular formula is C33H28N4O3. The van der Waals surface area contributed by atoms with Gasteiger partial charge in [0, 0.05) is 30.0 Å². The van der Waals surface area contributed by atoms with Crippen molar-refractivity contribution in [3.05, 3.63) is 132 Å². The second-order valence-electron chi connectivity index (χ2n) is 9.33. The molecule has 198 valence electrons. The van der Waals surface area contributed by atoms with E-state index in [-0.39, 0.29) is 0 Å². The topological polar surface area (TPSA) is 101 Å². The lowest BCUT2D eigenvalue weighted by molar-refractivity contribution is -0.119. The van der Waals surface area contributed by atoms with Gasteiger partial charge in [-0.3, -0.25) is 9.78 Å². The number of nitrogens with zero attached hydrogens (tertiary/aromatic N) is 3. The number of rotatable bonds is 10. The highest BCUT2D eigenvalue weighted by atomic mass is 16.5. The van der Waals surface area contributed by atoms with Crippen LogP contribution in [0.25, 0.3) is 10.8 Å². The molecule has 0 bridgehead atoms. The lowest BCUT2D eigenvalue weighted by Crippen LogP contribution is -2.37. The number of methoxy groups -OCH3 is 1. The quantitative estimate of drug-likeness (QED) is 0.241. The van der Waals surface area contributed by atoms with E-state index < -0.39 is 11.9 Å². The van der Waals surface area contributed by atoms with Crippen molar-refractivity contribution in [2.75, 3.05) is 12.0 Å². The number of benzene rings is 4. The number of ether oxygens (including phenoxy) is 2. The van der Waals surface area contributed by atoms with Crippen molar-refractivity contribution in [3.63, 3.8) is 0 Å². The van der Waals surface area contributed by atoms with E-state index in [1.54, 1.807) is 37.6 Å². The first-order valence-corrected chi connectivity index (χ1v) is 12.8. The lowest BCUT2D eigenvalue weighted by atomic mass is 10.0. The van der Waals surface area contributed by atoms with Gasteiger partial charge in [0.15, 0.2) is 11.5 Å². The fourth-order valence-electron chi connectivity index (χ4n) is 4.69. The Labute approximate surface area is 233 Å². The Bertz CT molecular complexity index is 1660. The molecule has 4 aromatic carbocycles. The van der Waals surface area contributed by atoms with Gasteiger partial charge in [0.05, 0.1) is 18.7 Å². The maximum absolute atomic E-state index is 13.0. The van der Waals surface area contributed by atoms with Gasteiger partial charge < -0.3 is 20.1 Å². The van der Waals surface area contributed by atoms with Crippen LogP contribution in [0.2, 0.25) is 0 Å². The number of anilines is 1. The molecule has 40 heavy (non-hydrogen) atoms. The highest BCUT2D eigenvalue weighted by Crippen LogP contribution is 2.35. The molecule has 1 atom stereocenters. The van der Waals surface area contributed by atoms with Gasteiger partial charge in [0.1, 0.15) is 12.6 Å². The molecule has 0 aliphatic rings. The van der Waals surface area contributed by atoms with E-state index in [0.29, 0.717) is 35.8 Å². The van der Waals surface area contributed by atoms with Crippen LogP contribution >= 0.6 is 0 Å². The summed E-state index contributed by atoms with van der Waals surface area (Å²) in [6.45, 7) is 0.775. The Balaban J connectivity index is 1.45. The molecule has 7 heteroatoms. The minimum Gasteiger partial charge on any atom is -0.493 e. The van der Waals surface area contributed by atoms with Crippen LogP contribution < -0.4 is 20.1 Å². The summed E-state index contributed by atoms with van der Waals surface area (Å²) in [5, 5.41) is 11.4. The molecule has 1 heterocycles. The maximum Gasteiger partial charge on any atom is 0.244 e. The van der Waals surface area contributed by atoms with E-state index in [1.807, 2.05) is 77.8 Å². The molecule has 0 saturated carbocycles. The normalized spacial score (nSPS) is 11.4. The summed E-state index contributed by atoms with van der Waals surface area (Å²) in [7, 11) is 1.57. The van der Waals surface area contributed by atoms with E-state index in [2.05, 4.69) is 17.1 Å². The zero-order valence-corrected chi connectivity index (χ0v) is 22.0. The summed E-state index contributed by atoms with van der Waals surface area (Å²) < 4.78 is 11.8. The van der Waals surface area contributed by atoms with E-state index in [1.165, 1.54) is 0 Å². The Kier molecular flexibility index (Phi) is 7.89. The average molecular weight is 529 g/mol.